The van der Waals surface area contributed by atoms with Gasteiger partial charge in [-0.25, -0.2) is 4.79 Å². The molecule has 0 bridgehead atoms. The first kappa shape index (κ1) is 56.9. The molecule has 0 unspecified atom stereocenters. The number of fused-ring (bicyclic) bond motifs is 5. The molecule has 0 aromatic heterocycles. The summed E-state index contributed by atoms with van der Waals surface area (Å²) in [5, 5.41) is 47.9. The minimum Gasteiger partial charge on any atom is -0.458 e. The molecule has 4 N–H and O–H groups in total. The molecule has 18 heteroatoms. The third-order valence-corrected chi connectivity index (χ3v) is 19.1. The molecule has 4 aliphatic carbocycles. The Morgan fingerprint density at radius 1 is 0.680 bits per heavy atom. The minimum absolute atomic E-state index is 0.0923. The zero-order valence-electron chi connectivity index (χ0n) is 45.4. The van der Waals surface area contributed by atoms with Crippen LogP contribution in [0.4, 0.5) is 0 Å². The number of Topliss-reactive ketones (excluding diaryl/α,β-unsaturated/α-hetero) is 1. The van der Waals surface area contributed by atoms with Crippen LogP contribution in [0.25, 0.3) is 6.08 Å². The number of rotatable bonds is 15. The molecule has 0 amide bonds. The molecule has 3 saturated carbocycles. The largest absolute Gasteiger partial charge is 0.458 e. The highest BCUT2D eigenvalue weighted by atomic mass is 16.8. The van der Waals surface area contributed by atoms with Crippen molar-refractivity contribution >= 4 is 17.8 Å². The van der Waals surface area contributed by atoms with Crippen molar-refractivity contribution in [2.45, 2.75) is 241 Å². The van der Waals surface area contributed by atoms with E-state index in [0.29, 0.717) is 44.9 Å². The van der Waals surface area contributed by atoms with Crippen LogP contribution in [0.1, 0.15) is 125 Å². The summed E-state index contributed by atoms with van der Waals surface area (Å²) in [6, 6.07) is 9.45. The van der Waals surface area contributed by atoms with Gasteiger partial charge >= 0.3 is 5.97 Å². The van der Waals surface area contributed by atoms with Gasteiger partial charge < -0.3 is 77.3 Å². The van der Waals surface area contributed by atoms with Crippen LogP contribution < -0.4 is 0 Å². The monoisotopic (exact) mass is 1060 g/mol. The molecule has 4 aliphatic heterocycles. The normalized spacial score (nSPS) is 48.1. The average Bonchev–Trinajstić information content (AvgIpc) is 3.67. The summed E-state index contributed by atoms with van der Waals surface area (Å²) >= 11 is 0. The first-order valence-corrected chi connectivity index (χ1v) is 27.4. The number of carbonyl (C=O) groups excluding carboxylic acids is 2. The zero-order chi connectivity index (χ0) is 53.8. The summed E-state index contributed by atoms with van der Waals surface area (Å²) in [5.74, 6) is -1.71. The Bertz CT molecular complexity index is 2180. The SMILES string of the molecule is CO[C@H]1C[C@H](O[C@H]2[C@@H](OC)C[C@H](O[C@H]3[C@@H](O)C[C@H](O[C@H]4[C@@H](OC)C[C@H](O[C@H]5CC[C@@]6(C)C(=CC[C@]7(O)[C@@H]6C[C@@H](OC(=O)C=Cc6ccccc6)[C@]6(C)[C@H](C(C)=O)CC[C@@]67O)C5)O[C@@H]4C)O[C@@H]3C)O[C@@H]2C)O[C@H](C)[C@H]1O. The summed E-state index contributed by atoms with van der Waals surface area (Å²) in [5.41, 5.74) is -3.05. The molecule has 8 aliphatic rings. The predicted molar refractivity (Wildman–Crippen MR) is 269 cm³/mol. The van der Waals surface area contributed by atoms with E-state index in [2.05, 4.69) is 13.0 Å². The number of carbonyl (C=O) groups is 2. The average molecular weight is 1060 g/mol. The first-order valence-electron chi connectivity index (χ1n) is 27.4. The van der Waals surface area contributed by atoms with Gasteiger partial charge in [0.15, 0.2) is 25.2 Å². The summed E-state index contributed by atoms with van der Waals surface area (Å²) < 4.78 is 74.8. The highest BCUT2D eigenvalue weighted by molar-refractivity contribution is 5.87. The number of esters is 1. The Balaban J connectivity index is 0.793. The van der Waals surface area contributed by atoms with Crippen molar-refractivity contribution in [3.63, 3.8) is 0 Å². The summed E-state index contributed by atoms with van der Waals surface area (Å²) in [7, 11) is 4.79. The van der Waals surface area contributed by atoms with Gasteiger partial charge in [0.25, 0.3) is 0 Å². The minimum atomic E-state index is -1.69. The molecule has 4 heterocycles. The standard InChI is InChI=1S/C57H84O18/c1-30(58)38-20-23-57(63)55(38,7)44(72-45(60)17-16-35-14-12-11-13-15-35)29-43-54(6)21-19-37(24-36(54)18-22-56(43,57)62)71-47-27-41(65-9)52(33(4)69-47)74-46-25-39(59)51(32(3)68-46)73-49-28-42(66-10)53(34(5)70-49)75-48-26-40(64-8)50(61)31(2)67-48/h11-18,31-34,37-44,46-53,59,61-63H,19-29H2,1-10H3/t31-,32-,33-,34-,37+,38+,39+,40+,41+,42+,43-,44-,46+,47+,48+,49+,50-,51-,52-,53-,54+,55+,56+,57-/m1/s1. The Morgan fingerprint density at radius 3 is 1.81 bits per heavy atom. The van der Waals surface area contributed by atoms with Crippen LogP contribution in [0.5, 0.6) is 0 Å². The molecule has 75 heavy (non-hydrogen) atoms. The fourth-order valence-electron chi connectivity index (χ4n) is 14.8. The zero-order valence-corrected chi connectivity index (χ0v) is 45.4. The van der Waals surface area contributed by atoms with Crippen LogP contribution in [0.3, 0.4) is 0 Å². The second-order valence-electron chi connectivity index (χ2n) is 23.3. The number of ketones is 1. The van der Waals surface area contributed by atoms with Gasteiger partial charge in [-0.1, -0.05) is 55.8 Å². The third-order valence-electron chi connectivity index (χ3n) is 19.1. The van der Waals surface area contributed by atoms with Gasteiger partial charge in [0.05, 0.1) is 54.9 Å². The maximum Gasteiger partial charge on any atom is 0.331 e. The number of hydrogen-bond acceptors (Lipinski definition) is 18. The van der Waals surface area contributed by atoms with Crippen molar-refractivity contribution in [3.8, 4) is 0 Å². The lowest BCUT2D eigenvalue weighted by atomic mass is 9.43. The smallest absolute Gasteiger partial charge is 0.331 e. The second kappa shape index (κ2) is 22.8. The number of methoxy groups -OCH3 is 3. The van der Waals surface area contributed by atoms with E-state index >= 15 is 0 Å². The lowest BCUT2D eigenvalue weighted by molar-refractivity contribution is -0.346. The molecular weight excluding hydrogens is 973 g/mol. The number of hydrogen-bond donors (Lipinski definition) is 4. The van der Waals surface area contributed by atoms with Gasteiger partial charge in [-0.05, 0) is 96.6 Å². The van der Waals surface area contributed by atoms with Gasteiger partial charge in [0, 0.05) is 70.3 Å². The number of aliphatic hydroxyl groups excluding tert-OH is 2. The van der Waals surface area contributed by atoms with Crippen LogP contribution in [0, 0.1) is 22.7 Å². The fraction of sp³-hybridized carbons (Fsp3) is 0.789. The third kappa shape index (κ3) is 10.8. The van der Waals surface area contributed by atoms with Crippen LogP contribution in [-0.4, -0.2) is 175 Å². The Morgan fingerprint density at radius 2 is 1.23 bits per heavy atom. The Hall–Kier alpha value is -2.76. The molecule has 1 aromatic carbocycles. The topological polar surface area (TPSA) is 226 Å². The highest BCUT2D eigenvalue weighted by Crippen LogP contribution is 2.70. The van der Waals surface area contributed by atoms with E-state index in [1.165, 1.54) is 13.0 Å². The molecule has 18 nitrogen and oxygen atoms in total. The molecular formula is C57H84O18. The maximum atomic E-state index is 13.6. The van der Waals surface area contributed by atoms with Crippen LogP contribution in [-0.2, 0) is 66.4 Å². The lowest BCUT2D eigenvalue weighted by Crippen LogP contribution is -2.75. The fourth-order valence-corrected chi connectivity index (χ4v) is 14.8. The van der Waals surface area contributed by atoms with Crippen molar-refractivity contribution in [3.05, 3.63) is 53.6 Å². The summed E-state index contributed by atoms with van der Waals surface area (Å²) in [6.45, 7) is 12.9. The molecule has 9 rings (SSSR count). The van der Waals surface area contributed by atoms with E-state index in [9.17, 15) is 30.0 Å². The Labute approximate surface area is 441 Å². The van der Waals surface area contributed by atoms with Gasteiger partial charge in [0.2, 0.25) is 0 Å². The van der Waals surface area contributed by atoms with Gasteiger partial charge in [-0.3, -0.25) is 4.79 Å². The lowest BCUT2D eigenvalue weighted by Gasteiger charge is -2.66. The molecule has 0 radical (unpaired) electrons. The molecule has 24 atom stereocenters. The number of aliphatic hydroxyl groups is 4. The van der Waals surface area contributed by atoms with E-state index in [1.54, 1.807) is 34.3 Å². The van der Waals surface area contributed by atoms with Crippen molar-refractivity contribution in [1.29, 1.82) is 0 Å². The molecule has 4 saturated heterocycles. The first-order chi connectivity index (χ1) is 35.7. The predicted octanol–water partition coefficient (Wildman–Crippen LogP) is 5.47. The molecule has 1 aromatic rings. The van der Waals surface area contributed by atoms with Gasteiger partial charge in [0.1, 0.15) is 47.5 Å². The van der Waals surface area contributed by atoms with Gasteiger partial charge in [-0.15, -0.1) is 0 Å². The Kier molecular flexibility index (Phi) is 17.3. The van der Waals surface area contributed by atoms with Crippen molar-refractivity contribution in [2.75, 3.05) is 21.3 Å². The van der Waals surface area contributed by atoms with Crippen LogP contribution in [0.2, 0.25) is 0 Å². The quantitative estimate of drug-likeness (QED) is 0.0971. The van der Waals surface area contributed by atoms with E-state index in [1.807, 2.05) is 58.0 Å². The van der Waals surface area contributed by atoms with E-state index in [0.717, 1.165) is 11.1 Å². The van der Waals surface area contributed by atoms with Crippen molar-refractivity contribution in [1.82, 2.24) is 0 Å². The van der Waals surface area contributed by atoms with Crippen molar-refractivity contribution < 1.29 is 86.9 Å². The summed E-state index contributed by atoms with van der Waals surface area (Å²) in [4.78, 5) is 26.8. The van der Waals surface area contributed by atoms with E-state index in [-0.39, 0.29) is 37.6 Å². The van der Waals surface area contributed by atoms with Crippen LogP contribution >= 0.6 is 0 Å². The van der Waals surface area contributed by atoms with Crippen LogP contribution in [0.15, 0.2) is 48.1 Å². The van der Waals surface area contributed by atoms with Gasteiger partial charge in [-0.2, -0.15) is 0 Å². The van der Waals surface area contributed by atoms with E-state index in [4.69, 9.17) is 56.8 Å². The van der Waals surface area contributed by atoms with E-state index < -0.39 is 144 Å². The molecule has 420 valence electrons. The molecule has 0 spiro atoms. The highest BCUT2D eigenvalue weighted by Gasteiger charge is 2.77. The second-order valence-corrected chi connectivity index (χ2v) is 23.3. The number of ether oxygens (including phenoxy) is 12. The maximum absolute atomic E-state index is 13.6. The molecule has 7 fully saturated rings. The van der Waals surface area contributed by atoms with Crippen molar-refractivity contribution in [2.24, 2.45) is 22.7 Å². The number of benzene rings is 1. The summed E-state index contributed by atoms with van der Waals surface area (Å²) in [6.07, 6.45) is -1.09.